The van der Waals surface area contributed by atoms with Gasteiger partial charge in [0.1, 0.15) is 0 Å². The fraction of sp³-hybridized carbons (Fsp3) is 0.250. The predicted molar refractivity (Wildman–Crippen MR) is 129 cm³/mol. The first kappa shape index (κ1) is 22.4. The largest absolute Gasteiger partial charge is 0.441 e. The lowest BCUT2D eigenvalue weighted by Crippen LogP contribution is -2.17. The molecule has 0 fully saturated rings. The standard InChI is InChI=1S/C24H24Cl2N4O2/c1-29(2)11-12-30-10-9-16-13-18(4-6-21(16)30)28-23(31)7-8-24-27-15-22(32-24)19-5-3-17(25)14-20(19)26/h3-6,9-10,13-15H,7-8,11-12H2,1-2H3,(H,28,31). The molecule has 6 nitrogen and oxygen atoms in total. The summed E-state index contributed by atoms with van der Waals surface area (Å²) in [5.41, 5.74) is 2.64. The van der Waals surface area contributed by atoms with Gasteiger partial charge >= 0.3 is 0 Å². The van der Waals surface area contributed by atoms with Gasteiger partial charge in [0.25, 0.3) is 0 Å². The minimum Gasteiger partial charge on any atom is -0.441 e. The molecule has 4 rings (SSSR count). The fourth-order valence-corrected chi connectivity index (χ4v) is 3.97. The number of nitrogens with one attached hydrogen (secondary N) is 1. The number of aryl methyl sites for hydroxylation is 1. The summed E-state index contributed by atoms with van der Waals surface area (Å²) in [6.45, 7) is 1.89. The van der Waals surface area contributed by atoms with E-state index in [2.05, 4.69) is 46.1 Å². The van der Waals surface area contributed by atoms with Crippen LogP contribution in [0.4, 0.5) is 5.69 Å². The van der Waals surface area contributed by atoms with Gasteiger partial charge in [-0.2, -0.15) is 0 Å². The molecule has 0 saturated carbocycles. The van der Waals surface area contributed by atoms with Crippen LogP contribution in [0.3, 0.4) is 0 Å². The number of aromatic nitrogens is 2. The Morgan fingerprint density at radius 1 is 1.16 bits per heavy atom. The molecule has 0 saturated heterocycles. The minimum absolute atomic E-state index is 0.0966. The molecule has 0 unspecified atom stereocenters. The second-order valence-corrected chi connectivity index (χ2v) is 8.72. The second kappa shape index (κ2) is 9.77. The average Bonchev–Trinajstić information content (AvgIpc) is 3.37. The maximum absolute atomic E-state index is 12.4. The summed E-state index contributed by atoms with van der Waals surface area (Å²) < 4.78 is 7.98. The Kier molecular flexibility index (Phi) is 6.84. The molecule has 32 heavy (non-hydrogen) atoms. The summed E-state index contributed by atoms with van der Waals surface area (Å²) in [4.78, 5) is 18.9. The topological polar surface area (TPSA) is 63.3 Å². The number of hydrogen-bond donors (Lipinski definition) is 1. The van der Waals surface area contributed by atoms with E-state index in [1.54, 1.807) is 24.4 Å². The van der Waals surface area contributed by atoms with Crippen molar-refractivity contribution in [2.75, 3.05) is 26.0 Å². The lowest BCUT2D eigenvalue weighted by molar-refractivity contribution is -0.116. The third-order valence-corrected chi connectivity index (χ3v) is 5.71. The Bertz CT molecular complexity index is 1250. The number of rotatable bonds is 8. The molecular weight excluding hydrogens is 447 g/mol. The van der Waals surface area contributed by atoms with Crippen molar-refractivity contribution in [2.45, 2.75) is 19.4 Å². The smallest absolute Gasteiger partial charge is 0.224 e. The zero-order valence-corrected chi connectivity index (χ0v) is 19.5. The second-order valence-electron chi connectivity index (χ2n) is 7.88. The molecule has 0 aliphatic heterocycles. The Hall–Kier alpha value is -2.80. The van der Waals surface area contributed by atoms with Crippen molar-refractivity contribution in [3.8, 4) is 11.3 Å². The first-order valence-corrected chi connectivity index (χ1v) is 11.1. The molecule has 1 N–H and O–H groups in total. The number of hydrogen-bond acceptors (Lipinski definition) is 4. The van der Waals surface area contributed by atoms with Crippen LogP contribution in [0.15, 0.2) is 59.3 Å². The summed E-state index contributed by atoms with van der Waals surface area (Å²) in [6, 6.07) is 13.2. The molecule has 0 spiro atoms. The first-order valence-electron chi connectivity index (χ1n) is 10.3. The predicted octanol–water partition coefficient (Wildman–Crippen LogP) is 5.74. The van der Waals surface area contributed by atoms with Gasteiger partial charge in [0.2, 0.25) is 5.91 Å². The number of anilines is 1. The van der Waals surface area contributed by atoms with Crippen LogP contribution in [0.25, 0.3) is 22.2 Å². The van der Waals surface area contributed by atoms with E-state index in [1.165, 1.54) is 0 Å². The molecule has 166 valence electrons. The summed E-state index contributed by atoms with van der Waals surface area (Å²) in [6.07, 6.45) is 4.33. The zero-order valence-electron chi connectivity index (χ0n) is 17.9. The molecule has 0 radical (unpaired) electrons. The van der Waals surface area contributed by atoms with E-state index in [0.29, 0.717) is 33.7 Å². The number of oxazole rings is 1. The highest BCUT2D eigenvalue weighted by Crippen LogP contribution is 2.31. The molecule has 2 aromatic carbocycles. The van der Waals surface area contributed by atoms with Crippen LogP contribution in [0.2, 0.25) is 10.0 Å². The van der Waals surface area contributed by atoms with Crippen molar-refractivity contribution in [3.63, 3.8) is 0 Å². The monoisotopic (exact) mass is 470 g/mol. The van der Waals surface area contributed by atoms with Crippen LogP contribution in [0, 0.1) is 0 Å². The van der Waals surface area contributed by atoms with Gasteiger partial charge < -0.3 is 19.2 Å². The van der Waals surface area contributed by atoms with Gasteiger partial charge in [-0.1, -0.05) is 23.2 Å². The Labute approximate surface area is 196 Å². The molecule has 8 heteroatoms. The highest BCUT2D eigenvalue weighted by molar-refractivity contribution is 6.36. The molecule has 4 aromatic rings. The third kappa shape index (κ3) is 5.33. The fourth-order valence-electron chi connectivity index (χ4n) is 3.46. The summed E-state index contributed by atoms with van der Waals surface area (Å²) in [5, 5.41) is 5.10. The number of carbonyl (C=O) groups is 1. The molecule has 0 bridgehead atoms. The van der Waals surface area contributed by atoms with Crippen molar-refractivity contribution in [1.29, 1.82) is 0 Å². The van der Waals surface area contributed by atoms with Crippen LogP contribution >= 0.6 is 23.2 Å². The lowest BCUT2D eigenvalue weighted by atomic mass is 10.2. The first-order chi connectivity index (χ1) is 15.4. The zero-order chi connectivity index (χ0) is 22.7. The number of amides is 1. The van der Waals surface area contributed by atoms with Gasteiger partial charge in [-0.05, 0) is 56.6 Å². The summed E-state index contributed by atoms with van der Waals surface area (Å²) >= 11 is 12.2. The van der Waals surface area contributed by atoms with E-state index in [1.807, 2.05) is 18.2 Å². The molecule has 1 amide bonds. The summed E-state index contributed by atoms with van der Waals surface area (Å²) in [7, 11) is 4.12. The van der Waals surface area contributed by atoms with E-state index < -0.39 is 0 Å². The maximum atomic E-state index is 12.4. The minimum atomic E-state index is -0.0966. The normalized spacial score (nSPS) is 11.4. The maximum Gasteiger partial charge on any atom is 0.224 e. The van der Waals surface area contributed by atoms with Crippen LogP contribution in [0.1, 0.15) is 12.3 Å². The van der Waals surface area contributed by atoms with Crippen molar-refractivity contribution >= 4 is 45.7 Å². The van der Waals surface area contributed by atoms with E-state index in [-0.39, 0.29) is 12.3 Å². The Morgan fingerprint density at radius 2 is 2.00 bits per heavy atom. The van der Waals surface area contributed by atoms with E-state index in [4.69, 9.17) is 27.6 Å². The molecule has 2 aromatic heterocycles. The Morgan fingerprint density at radius 3 is 2.78 bits per heavy atom. The van der Waals surface area contributed by atoms with Crippen molar-refractivity contribution < 1.29 is 9.21 Å². The highest BCUT2D eigenvalue weighted by atomic mass is 35.5. The van der Waals surface area contributed by atoms with Crippen LogP contribution in [-0.4, -0.2) is 41.0 Å². The molecule has 0 aliphatic rings. The van der Waals surface area contributed by atoms with Gasteiger partial charge in [-0.25, -0.2) is 4.98 Å². The molecular formula is C24H24Cl2N4O2. The molecule has 0 aliphatic carbocycles. The SMILES string of the molecule is CN(C)CCn1ccc2cc(NC(=O)CCc3ncc(-c4ccc(Cl)cc4Cl)o3)ccc21. The number of carbonyl (C=O) groups excluding carboxylic acids is 1. The van der Waals surface area contributed by atoms with Crippen molar-refractivity contribution in [3.05, 3.63) is 70.8 Å². The van der Waals surface area contributed by atoms with Crippen LogP contribution < -0.4 is 5.32 Å². The van der Waals surface area contributed by atoms with Crippen molar-refractivity contribution in [1.82, 2.24) is 14.5 Å². The quantitative estimate of drug-likeness (QED) is 0.356. The van der Waals surface area contributed by atoms with Crippen LogP contribution in [0.5, 0.6) is 0 Å². The summed E-state index contributed by atoms with van der Waals surface area (Å²) in [5.74, 6) is 0.932. The number of halogens is 2. The average molecular weight is 471 g/mol. The van der Waals surface area contributed by atoms with Gasteiger partial charge in [-0.15, -0.1) is 0 Å². The number of fused-ring (bicyclic) bond motifs is 1. The number of benzene rings is 2. The van der Waals surface area contributed by atoms with E-state index >= 15 is 0 Å². The van der Waals surface area contributed by atoms with Crippen molar-refractivity contribution in [2.24, 2.45) is 0 Å². The van der Waals surface area contributed by atoms with Gasteiger partial charge in [0, 0.05) is 59.3 Å². The number of likely N-dealkylation sites (N-methyl/N-ethyl adjacent to an activating group) is 1. The van der Waals surface area contributed by atoms with Gasteiger partial charge in [-0.3, -0.25) is 4.79 Å². The third-order valence-electron chi connectivity index (χ3n) is 5.16. The Balaban J connectivity index is 1.35. The van der Waals surface area contributed by atoms with E-state index in [0.717, 1.165) is 29.7 Å². The lowest BCUT2D eigenvalue weighted by Gasteiger charge is -2.11. The van der Waals surface area contributed by atoms with E-state index in [9.17, 15) is 4.79 Å². The highest BCUT2D eigenvalue weighted by Gasteiger charge is 2.12. The number of nitrogens with zero attached hydrogens (tertiary/aromatic N) is 3. The van der Waals surface area contributed by atoms with Crippen LogP contribution in [-0.2, 0) is 17.8 Å². The van der Waals surface area contributed by atoms with Gasteiger partial charge in [0.05, 0.1) is 11.2 Å². The molecule has 0 atom stereocenters. The molecule has 2 heterocycles. The van der Waals surface area contributed by atoms with Gasteiger partial charge in [0.15, 0.2) is 11.7 Å².